The molecule has 6 nitrogen and oxygen atoms in total. The summed E-state index contributed by atoms with van der Waals surface area (Å²) in [4.78, 5) is 1.73. The highest BCUT2D eigenvalue weighted by Crippen LogP contribution is 1.96. The van der Waals surface area contributed by atoms with E-state index in [1.165, 1.54) is 0 Å². The van der Waals surface area contributed by atoms with E-state index in [1.807, 2.05) is 6.92 Å². The number of likely N-dealkylation sites (N-methyl/N-ethyl adjacent to an activating group) is 1. The Labute approximate surface area is 103 Å². The molecule has 0 spiro atoms. The Balaban J connectivity index is 3.90. The van der Waals surface area contributed by atoms with Gasteiger partial charge in [0.2, 0.25) is 0 Å². The van der Waals surface area contributed by atoms with Crippen molar-refractivity contribution in [3.63, 3.8) is 0 Å². The molecule has 0 radical (unpaired) electrons. The van der Waals surface area contributed by atoms with Crippen LogP contribution in [0.3, 0.4) is 0 Å². The second-order valence-corrected chi connectivity index (χ2v) is 5.23. The van der Waals surface area contributed by atoms with Gasteiger partial charge in [-0.15, -0.1) is 6.58 Å². The molecule has 0 aliphatic rings. The summed E-state index contributed by atoms with van der Waals surface area (Å²) in [5, 5.41) is 9.59. The Bertz CT molecular complexity index is 304. The molecule has 0 aromatic heterocycles. The number of nitrogens with zero attached hydrogens (tertiary/aromatic N) is 1. The molecule has 0 saturated carbocycles. The molecule has 0 bridgehead atoms. The molecule has 1 atom stereocenters. The smallest absolute Gasteiger partial charge is 0.266 e. The summed E-state index contributed by atoms with van der Waals surface area (Å²) in [6.07, 6.45) is 0.902. The normalized spacial score (nSPS) is 13.9. The maximum Gasteiger partial charge on any atom is 0.266 e. The van der Waals surface area contributed by atoms with Crippen LogP contribution in [0.25, 0.3) is 0 Å². The zero-order valence-corrected chi connectivity index (χ0v) is 10.9. The van der Waals surface area contributed by atoms with Gasteiger partial charge in [-0.25, -0.2) is 0 Å². The van der Waals surface area contributed by atoms with E-state index in [2.05, 4.69) is 6.58 Å². The molecule has 0 rings (SSSR count). The van der Waals surface area contributed by atoms with Crippen LogP contribution in [-0.4, -0.2) is 67.7 Å². The van der Waals surface area contributed by atoms with Crippen molar-refractivity contribution in [3.05, 3.63) is 12.7 Å². The molecule has 2 N–H and O–H groups in total. The fourth-order valence-corrected chi connectivity index (χ4v) is 1.75. The topological polar surface area (TPSA) is 87.1 Å². The molecule has 0 aromatic carbocycles. The van der Waals surface area contributed by atoms with Gasteiger partial charge in [0.15, 0.2) is 0 Å². The van der Waals surface area contributed by atoms with Crippen molar-refractivity contribution in [2.75, 3.05) is 38.6 Å². The van der Waals surface area contributed by atoms with Crippen LogP contribution in [-0.2, 0) is 14.9 Å². The van der Waals surface area contributed by atoms with E-state index >= 15 is 0 Å². The quantitative estimate of drug-likeness (QED) is 0.323. The number of aliphatic hydroxyl groups excluding tert-OH is 1. The van der Waals surface area contributed by atoms with Gasteiger partial charge in [0.1, 0.15) is 0 Å². The van der Waals surface area contributed by atoms with Crippen LogP contribution in [0.1, 0.15) is 6.92 Å². The molecular formula is C10H21NO5S. The predicted molar refractivity (Wildman–Crippen MR) is 65.6 cm³/mol. The Kier molecular flexibility index (Phi) is 8.36. The SMILES string of the molecule is C=CCOCC(O)CN(CC)CCS(=O)(=O)O. The van der Waals surface area contributed by atoms with Crippen LogP contribution in [0.5, 0.6) is 0 Å². The number of ether oxygens (including phenoxy) is 1. The van der Waals surface area contributed by atoms with Gasteiger partial charge in [-0.05, 0) is 6.54 Å². The van der Waals surface area contributed by atoms with E-state index < -0.39 is 16.2 Å². The molecule has 0 heterocycles. The van der Waals surface area contributed by atoms with Gasteiger partial charge >= 0.3 is 0 Å². The van der Waals surface area contributed by atoms with Crippen LogP contribution in [0.15, 0.2) is 12.7 Å². The van der Waals surface area contributed by atoms with E-state index in [-0.39, 0.29) is 18.9 Å². The molecule has 17 heavy (non-hydrogen) atoms. The lowest BCUT2D eigenvalue weighted by molar-refractivity contribution is 0.0283. The summed E-state index contributed by atoms with van der Waals surface area (Å²) in [7, 11) is -3.95. The first-order valence-electron chi connectivity index (χ1n) is 5.43. The highest BCUT2D eigenvalue weighted by molar-refractivity contribution is 7.85. The van der Waals surface area contributed by atoms with Crippen LogP contribution >= 0.6 is 0 Å². The number of hydrogen-bond acceptors (Lipinski definition) is 5. The van der Waals surface area contributed by atoms with Crippen molar-refractivity contribution in [2.45, 2.75) is 13.0 Å². The third-order valence-electron chi connectivity index (χ3n) is 2.13. The molecule has 7 heteroatoms. The molecule has 0 aliphatic heterocycles. The highest BCUT2D eigenvalue weighted by Gasteiger charge is 2.13. The number of aliphatic hydroxyl groups is 1. The predicted octanol–water partition coefficient (Wildman–Crippen LogP) is -0.240. The maximum absolute atomic E-state index is 10.6. The van der Waals surface area contributed by atoms with Crippen molar-refractivity contribution < 1.29 is 22.8 Å². The maximum atomic E-state index is 10.6. The number of hydrogen-bond donors (Lipinski definition) is 2. The van der Waals surface area contributed by atoms with Crippen molar-refractivity contribution >= 4 is 10.1 Å². The first-order chi connectivity index (χ1) is 7.89. The summed E-state index contributed by atoms with van der Waals surface area (Å²) in [5.41, 5.74) is 0. The molecule has 0 aliphatic carbocycles. The second-order valence-electron chi connectivity index (χ2n) is 3.66. The highest BCUT2D eigenvalue weighted by atomic mass is 32.2. The summed E-state index contributed by atoms with van der Waals surface area (Å²) in [5.74, 6) is -0.332. The third kappa shape index (κ3) is 10.4. The third-order valence-corrected chi connectivity index (χ3v) is 2.83. The fourth-order valence-electron chi connectivity index (χ4n) is 1.26. The largest absolute Gasteiger partial charge is 0.389 e. The summed E-state index contributed by atoms with van der Waals surface area (Å²) < 4.78 is 34.8. The Hall–Kier alpha value is -0.470. The minimum atomic E-state index is -3.95. The minimum Gasteiger partial charge on any atom is -0.389 e. The Morgan fingerprint density at radius 2 is 2.18 bits per heavy atom. The van der Waals surface area contributed by atoms with Gasteiger partial charge in [0, 0.05) is 13.1 Å². The van der Waals surface area contributed by atoms with Crippen LogP contribution in [0.4, 0.5) is 0 Å². The molecule has 0 amide bonds. The Morgan fingerprint density at radius 1 is 1.53 bits per heavy atom. The average molecular weight is 267 g/mol. The Morgan fingerprint density at radius 3 is 2.65 bits per heavy atom. The molecule has 0 aromatic rings. The van der Waals surface area contributed by atoms with Crippen molar-refractivity contribution in [3.8, 4) is 0 Å². The van der Waals surface area contributed by atoms with Crippen LogP contribution in [0, 0.1) is 0 Å². The van der Waals surface area contributed by atoms with Crippen LogP contribution in [0.2, 0.25) is 0 Å². The van der Waals surface area contributed by atoms with E-state index in [0.717, 1.165) is 0 Å². The van der Waals surface area contributed by atoms with Gasteiger partial charge in [0.05, 0.1) is 25.1 Å². The van der Waals surface area contributed by atoms with Gasteiger partial charge in [-0.2, -0.15) is 8.42 Å². The fraction of sp³-hybridized carbons (Fsp3) is 0.800. The van der Waals surface area contributed by atoms with Crippen molar-refractivity contribution in [1.82, 2.24) is 4.90 Å². The van der Waals surface area contributed by atoms with E-state index in [4.69, 9.17) is 9.29 Å². The standard InChI is InChI=1S/C10H21NO5S/c1-3-6-16-9-10(12)8-11(4-2)5-7-17(13,14)15/h3,10,12H,1,4-9H2,2H3,(H,13,14,15). The molecule has 0 fully saturated rings. The molecular weight excluding hydrogens is 246 g/mol. The van der Waals surface area contributed by atoms with Gasteiger partial charge in [0.25, 0.3) is 10.1 Å². The van der Waals surface area contributed by atoms with Gasteiger partial charge < -0.3 is 9.84 Å². The van der Waals surface area contributed by atoms with Gasteiger partial charge in [-0.3, -0.25) is 9.45 Å². The first kappa shape index (κ1) is 16.5. The minimum absolute atomic E-state index is 0.175. The van der Waals surface area contributed by atoms with E-state index in [1.54, 1.807) is 11.0 Å². The molecule has 102 valence electrons. The second kappa shape index (κ2) is 8.60. The lowest BCUT2D eigenvalue weighted by Gasteiger charge is -2.22. The lowest BCUT2D eigenvalue weighted by Crippen LogP contribution is -2.37. The van der Waals surface area contributed by atoms with Crippen LogP contribution < -0.4 is 0 Å². The lowest BCUT2D eigenvalue weighted by atomic mass is 10.3. The van der Waals surface area contributed by atoms with Crippen molar-refractivity contribution in [1.29, 1.82) is 0 Å². The summed E-state index contributed by atoms with van der Waals surface area (Å²) >= 11 is 0. The zero-order chi connectivity index (χ0) is 13.3. The number of rotatable bonds is 10. The summed E-state index contributed by atoms with van der Waals surface area (Å²) in [6, 6.07) is 0. The summed E-state index contributed by atoms with van der Waals surface area (Å²) in [6.45, 7) is 6.96. The monoisotopic (exact) mass is 267 g/mol. The molecule has 0 saturated heterocycles. The first-order valence-corrected chi connectivity index (χ1v) is 7.04. The average Bonchev–Trinajstić information content (AvgIpc) is 2.23. The van der Waals surface area contributed by atoms with E-state index in [0.29, 0.717) is 19.7 Å². The van der Waals surface area contributed by atoms with Crippen molar-refractivity contribution in [2.24, 2.45) is 0 Å². The van der Waals surface area contributed by atoms with Gasteiger partial charge in [-0.1, -0.05) is 13.0 Å². The van der Waals surface area contributed by atoms with E-state index in [9.17, 15) is 13.5 Å². The molecule has 1 unspecified atom stereocenters. The zero-order valence-electron chi connectivity index (χ0n) is 10.1.